The fourth-order valence-electron chi connectivity index (χ4n) is 8.40. The van der Waals surface area contributed by atoms with Gasteiger partial charge in [-0.15, -0.1) is 0 Å². The second-order valence-corrected chi connectivity index (χ2v) is 16.6. The summed E-state index contributed by atoms with van der Waals surface area (Å²) in [6.45, 7) is 14.2. The molecule has 2 aliphatic heterocycles. The molecular formula is C40H63N3O11. The van der Waals surface area contributed by atoms with E-state index in [-0.39, 0.29) is 36.7 Å². The number of allylic oxidation sites excluding steroid dienone is 1. The van der Waals surface area contributed by atoms with Gasteiger partial charge in [-0.1, -0.05) is 26.8 Å². The summed E-state index contributed by atoms with van der Waals surface area (Å²) >= 11 is 0. The zero-order chi connectivity index (χ0) is 40.3. The smallest absolute Gasteiger partial charge is 0.312 e. The van der Waals surface area contributed by atoms with E-state index in [1.807, 2.05) is 44.8 Å². The van der Waals surface area contributed by atoms with Gasteiger partial charge in [0.2, 0.25) is 0 Å². The number of carbonyl (C=O) groups excluding carboxylic acids is 3. The topological polar surface area (TPSA) is 177 Å². The standard InChI is InChI=1S/C40H63N3O11/c1-22-19-39(8,48)35(54-38-33(50-16-14-23(2)44)30(42(9)10)17-24(3)51-38)25(4)32(52-31(45)18-29-13-12-15-41-20-29)26(5)37(47)53-36-27(6)40(36,49)34(46)28(7)43(11)21-22/h12-16,20,22,24-28,30,32-36,38,46,48-49H,17-19,21H2,1-11H3/b16-14+/t22-,24-,25+,26-,27?,28-,30+,32+,33-,34-,35-,36-,38+,39+,40+/m1/s1. The van der Waals surface area contributed by atoms with Gasteiger partial charge < -0.3 is 48.8 Å². The highest BCUT2D eigenvalue weighted by molar-refractivity contribution is 5.86. The van der Waals surface area contributed by atoms with Crippen molar-refractivity contribution in [3.63, 3.8) is 0 Å². The Labute approximate surface area is 320 Å². The van der Waals surface area contributed by atoms with E-state index in [4.69, 9.17) is 23.7 Å². The van der Waals surface area contributed by atoms with Gasteiger partial charge in [-0.2, -0.15) is 0 Å². The lowest BCUT2D eigenvalue weighted by atomic mass is 9.77. The third-order valence-corrected chi connectivity index (χ3v) is 11.6. The number of nitrogens with zero attached hydrogens (tertiary/aromatic N) is 3. The van der Waals surface area contributed by atoms with Crippen LogP contribution in [0.1, 0.15) is 73.8 Å². The molecule has 4 rings (SSSR count). The van der Waals surface area contributed by atoms with E-state index in [1.165, 1.54) is 19.3 Å². The number of pyridine rings is 1. The van der Waals surface area contributed by atoms with Crippen molar-refractivity contribution < 1.29 is 53.4 Å². The Morgan fingerprint density at radius 3 is 2.43 bits per heavy atom. The minimum atomic E-state index is -1.68. The number of ether oxygens (including phenoxy) is 5. The van der Waals surface area contributed by atoms with Gasteiger partial charge in [0.25, 0.3) is 0 Å². The van der Waals surface area contributed by atoms with Crippen LogP contribution in [0.2, 0.25) is 0 Å². The highest BCUT2D eigenvalue weighted by Gasteiger charge is 2.70. The first-order valence-electron chi connectivity index (χ1n) is 19.1. The van der Waals surface area contributed by atoms with E-state index in [1.54, 1.807) is 59.1 Å². The van der Waals surface area contributed by atoms with E-state index in [9.17, 15) is 29.7 Å². The van der Waals surface area contributed by atoms with Crippen LogP contribution < -0.4 is 0 Å². The second-order valence-electron chi connectivity index (χ2n) is 16.6. The molecule has 304 valence electrons. The fraction of sp³-hybridized carbons (Fsp3) is 0.750. The maximum Gasteiger partial charge on any atom is 0.312 e. The van der Waals surface area contributed by atoms with Gasteiger partial charge in [-0.25, -0.2) is 0 Å². The zero-order valence-corrected chi connectivity index (χ0v) is 33.7. The number of rotatable bonds is 9. The van der Waals surface area contributed by atoms with Crippen LogP contribution in [0.3, 0.4) is 0 Å². The number of fused-ring (bicyclic) bond motifs is 1. The Morgan fingerprint density at radius 2 is 1.81 bits per heavy atom. The van der Waals surface area contributed by atoms with Crippen LogP contribution in [0, 0.1) is 23.7 Å². The monoisotopic (exact) mass is 761 g/mol. The lowest BCUT2D eigenvalue weighted by Crippen LogP contribution is -2.60. The summed E-state index contributed by atoms with van der Waals surface area (Å²) in [5, 5.41) is 35.5. The van der Waals surface area contributed by atoms with Crippen LogP contribution in [0.4, 0.5) is 0 Å². The molecule has 1 saturated carbocycles. The second kappa shape index (κ2) is 17.9. The molecule has 14 nitrogen and oxygen atoms in total. The lowest BCUT2D eigenvalue weighted by molar-refractivity contribution is -0.300. The van der Waals surface area contributed by atoms with Crippen molar-refractivity contribution in [3.8, 4) is 0 Å². The van der Waals surface area contributed by atoms with Crippen molar-refractivity contribution in [2.75, 3.05) is 27.7 Å². The molecule has 1 unspecified atom stereocenters. The Balaban J connectivity index is 1.80. The van der Waals surface area contributed by atoms with Gasteiger partial charge in [0.1, 0.15) is 23.9 Å². The van der Waals surface area contributed by atoms with E-state index in [0.29, 0.717) is 18.5 Å². The molecule has 3 aliphatic rings. The van der Waals surface area contributed by atoms with Gasteiger partial charge in [0.05, 0.1) is 42.5 Å². The summed E-state index contributed by atoms with van der Waals surface area (Å²) in [6.07, 6.45) is -0.129. The molecule has 2 saturated heterocycles. The number of likely N-dealkylation sites (N-methyl/N-ethyl adjacent to an activating group) is 2. The fourth-order valence-corrected chi connectivity index (χ4v) is 8.40. The average molecular weight is 762 g/mol. The molecule has 0 spiro atoms. The SMILES string of the molecule is CC(=O)/C=C/O[C@H]1[C@H](O[C@@H]2[C@@H](C)[C@H](OC(=O)Cc3cccnc3)[C@@H](C)C(=O)O[C@@H]3C(C)[C@]3(O)[C@H](O)[C@@H](C)N(C)C[C@H](C)C[C@]2(C)O)O[C@H](C)C[C@@H]1N(C)C. The first-order chi connectivity index (χ1) is 25.2. The summed E-state index contributed by atoms with van der Waals surface area (Å²) in [6, 6.07) is 2.72. The van der Waals surface area contributed by atoms with Crippen molar-refractivity contribution in [1.29, 1.82) is 0 Å². The summed E-state index contributed by atoms with van der Waals surface area (Å²) in [5.41, 5.74) is -2.67. The van der Waals surface area contributed by atoms with Crippen LogP contribution in [-0.2, 0) is 44.5 Å². The Kier molecular flexibility index (Phi) is 14.5. The molecular weight excluding hydrogens is 698 g/mol. The minimum Gasteiger partial charge on any atom is -0.491 e. The molecule has 54 heavy (non-hydrogen) atoms. The molecule has 3 fully saturated rings. The van der Waals surface area contributed by atoms with Crippen LogP contribution >= 0.6 is 0 Å². The Morgan fingerprint density at radius 1 is 1.13 bits per heavy atom. The normalized spacial score (nSPS) is 41.3. The first-order valence-corrected chi connectivity index (χ1v) is 19.1. The van der Waals surface area contributed by atoms with Crippen molar-refractivity contribution in [2.45, 2.75) is 141 Å². The quantitative estimate of drug-likeness (QED) is 0.190. The van der Waals surface area contributed by atoms with Gasteiger partial charge in [0.15, 0.2) is 18.2 Å². The molecule has 3 heterocycles. The largest absolute Gasteiger partial charge is 0.491 e. The maximum absolute atomic E-state index is 14.0. The van der Waals surface area contributed by atoms with E-state index < -0.39 is 83.7 Å². The average Bonchev–Trinajstić information content (AvgIpc) is 3.62. The molecule has 0 aromatic carbocycles. The molecule has 1 aromatic rings. The number of esters is 2. The van der Waals surface area contributed by atoms with Crippen LogP contribution in [0.15, 0.2) is 36.9 Å². The third kappa shape index (κ3) is 10.1. The number of carbonyl (C=O) groups is 3. The predicted octanol–water partition coefficient (Wildman–Crippen LogP) is 2.51. The van der Waals surface area contributed by atoms with Crippen molar-refractivity contribution in [2.24, 2.45) is 23.7 Å². The summed E-state index contributed by atoms with van der Waals surface area (Å²) in [4.78, 5) is 47.4. The molecule has 15 atom stereocenters. The predicted molar refractivity (Wildman–Crippen MR) is 199 cm³/mol. The van der Waals surface area contributed by atoms with Gasteiger partial charge >= 0.3 is 11.9 Å². The number of aromatic nitrogens is 1. The zero-order valence-electron chi connectivity index (χ0n) is 33.7. The number of hydrogen-bond acceptors (Lipinski definition) is 14. The number of ketones is 1. The van der Waals surface area contributed by atoms with Crippen molar-refractivity contribution in [1.82, 2.24) is 14.8 Å². The molecule has 3 N–H and O–H groups in total. The summed E-state index contributed by atoms with van der Waals surface area (Å²) in [7, 11) is 5.66. The van der Waals surface area contributed by atoms with Gasteiger partial charge in [0, 0.05) is 42.9 Å². The van der Waals surface area contributed by atoms with Gasteiger partial charge in [-0.3, -0.25) is 19.4 Å². The minimum absolute atomic E-state index is 0.125. The highest BCUT2D eigenvalue weighted by Crippen LogP contribution is 2.50. The van der Waals surface area contributed by atoms with Gasteiger partial charge in [-0.05, 0) is 86.2 Å². The number of aliphatic hydroxyl groups excluding tert-OH is 1. The van der Waals surface area contributed by atoms with E-state index in [2.05, 4.69) is 4.98 Å². The van der Waals surface area contributed by atoms with Crippen LogP contribution in [0.5, 0.6) is 0 Å². The van der Waals surface area contributed by atoms with Crippen molar-refractivity contribution in [3.05, 3.63) is 42.4 Å². The van der Waals surface area contributed by atoms with Crippen LogP contribution in [0.25, 0.3) is 0 Å². The molecule has 0 bridgehead atoms. The summed E-state index contributed by atoms with van der Waals surface area (Å²) < 4.78 is 31.5. The Hall–Kier alpha value is -2.98. The Bertz CT molecular complexity index is 1460. The number of hydrogen-bond donors (Lipinski definition) is 3. The lowest BCUT2D eigenvalue weighted by Gasteiger charge is -2.47. The van der Waals surface area contributed by atoms with E-state index in [0.717, 1.165) is 0 Å². The highest BCUT2D eigenvalue weighted by atomic mass is 16.7. The number of aliphatic hydroxyl groups is 3. The first kappa shape index (κ1) is 43.7. The van der Waals surface area contributed by atoms with E-state index >= 15 is 0 Å². The molecule has 1 aliphatic carbocycles. The molecule has 1 aromatic heterocycles. The molecule has 14 heteroatoms. The molecule has 0 amide bonds. The maximum atomic E-state index is 14.0. The van der Waals surface area contributed by atoms with Crippen molar-refractivity contribution >= 4 is 17.7 Å². The van der Waals surface area contributed by atoms with Crippen LogP contribution in [-0.4, -0.2) is 142 Å². The third-order valence-electron chi connectivity index (χ3n) is 11.6. The molecule has 0 radical (unpaired) electrons. The summed E-state index contributed by atoms with van der Waals surface area (Å²) in [5.74, 6) is -4.22.